The Bertz CT molecular complexity index is 1770. The molecule has 3 aromatic carbocycles. The summed E-state index contributed by atoms with van der Waals surface area (Å²) in [6.07, 6.45) is 7.96. The number of nitrogens with one attached hydrogen (secondary N) is 2. The van der Waals surface area contributed by atoms with Crippen LogP contribution in [0.15, 0.2) is 79.4 Å². The number of nitrogens with two attached hydrogens (primary N) is 1. The zero-order chi connectivity index (χ0) is 35.4. The number of aromatic amines is 2. The number of aromatic nitrogens is 4. The van der Waals surface area contributed by atoms with Crippen molar-refractivity contribution in [3.05, 3.63) is 122 Å². The number of nitro benzene ring substituents is 2. The summed E-state index contributed by atoms with van der Waals surface area (Å²) in [5.41, 5.74) is 11.3. The predicted molar refractivity (Wildman–Crippen MR) is 178 cm³/mol. The number of nitrogen functional groups attached to an aromatic ring is 1. The van der Waals surface area contributed by atoms with Crippen molar-refractivity contribution in [1.29, 1.82) is 0 Å². The summed E-state index contributed by atoms with van der Waals surface area (Å²) >= 11 is 0. The highest BCUT2D eigenvalue weighted by Gasteiger charge is 2.11. The second kappa shape index (κ2) is 21.8. The number of benzene rings is 3. The summed E-state index contributed by atoms with van der Waals surface area (Å²) in [7, 11) is 0. The van der Waals surface area contributed by atoms with E-state index in [1.54, 1.807) is 50.8 Å². The second-order valence-electron chi connectivity index (χ2n) is 9.00. The lowest BCUT2D eigenvalue weighted by Crippen LogP contribution is -1.92. The van der Waals surface area contributed by atoms with Gasteiger partial charge in [0, 0.05) is 70.4 Å². The molecule has 0 aliphatic carbocycles. The van der Waals surface area contributed by atoms with Crippen LogP contribution in [0.3, 0.4) is 0 Å². The lowest BCUT2D eigenvalue weighted by molar-refractivity contribution is -0.385. The first-order valence-electron chi connectivity index (χ1n) is 13.2. The monoisotopic (exact) mass is 662 g/mol. The highest BCUT2D eigenvalue weighted by molar-refractivity contribution is 6.09. The average Bonchev–Trinajstić information content (AvgIpc) is 3.79. The first kappa shape index (κ1) is 41.1. The van der Waals surface area contributed by atoms with Crippen LogP contribution in [0.1, 0.15) is 27.0 Å². The first-order chi connectivity index (χ1) is 22.4. The number of H-pyrrole nitrogens is 2. The lowest BCUT2D eigenvalue weighted by atomic mass is 10.1. The van der Waals surface area contributed by atoms with Crippen LogP contribution in [0.25, 0.3) is 22.8 Å². The number of carbonyl (C=O) groups is 4. The van der Waals surface area contributed by atoms with Crippen LogP contribution in [-0.2, 0) is 14.4 Å². The summed E-state index contributed by atoms with van der Waals surface area (Å²) in [6.45, 7) is 5.05. The van der Waals surface area contributed by atoms with E-state index in [1.165, 1.54) is 24.3 Å². The van der Waals surface area contributed by atoms with Gasteiger partial charge in [-0.15, -0.1) is 0 Å². The van der Waals surface area contributed by atoms with Crippen LogP contribution >= 0.6 is 0 Å². The van der Waals surface area contributed by atoms with Gasteiger partial charge in [-0.2, -0.15) is 0 Å². The summed E-state index contributed by atoms with van der Waals surface area (Å²) < 4.78 is 0. The van der Waals surface area contributed by atoms with Gasteiger partial charge in [-0.3, -0.25) is 39.4 Å². The quantitative estimate of drug-likeness (QED) is 0.0512. The largest absolute Gasteiger partial charge is 0.483 e. The Morgan fingerprint density at radius 1 is 0.708 bits per heavy atom. The van der Waals surface area contributed by atoms with E-state index in [1.807, 2.05) is 25.1 Å². The number of nitro groups is 2. The van der Waals surface area contributed by atoms with Crippen molar-refractivity contribution >= 4 is 42.4 Å². The fraction of sp³-hybridized carbons (Fsp3) is 0.0968. The molecule has 0 aliphatic rings. The van der Waals surface area contributed by atoms with Crippen molar-refractivity contribution in [2.45, 2.75) is 20.8 Å². The second-order valence-corrected chi connectivity index (χ2v) is 9.00. The molecular formula is C31H34N8O9. The molecule has 0 amide bonds. The molecule has 0 unspecified atom stereocenters. The number of nitrogens with zero attached hydrogens (tertiary/aromatic N) is 4. The number of hydrogen-bond acceptors (Lipinski definition) is 12. The third-order valence-corrected chi connectivity index (χ3v) is 5.82. The predicted octanol–water partition coefficient (Wildman–Crippen LogP) is 5.22. The van der Waals surface area contributed by atoms with E-state index in [0.717, 1.165) is 28.2 Å². The standard InChI is InChI=1S/C10H9N3O2.C10H11N3.C8H7NO3.C2H2O2.CH2O2.H3N/c1-7-6-8(10-11-4-5-12-10)2-3-9(7)13(14)15;1-7-6-8(2-3-9(7)11)10-12-4-5-13-10;1-6-4-7(5-10)2-3-8(6)9(11)12;3-1-2-4;2-1-3;/h2-6H,1H3,(H,11,12);2-6H,11H2,1H3,(H,12,13);2-5H,1H3;1-2H;1H,(H,2,3);1H3. The molecule has 2 heterocycles. The maximum atomic E-state index is 10.6. The van der Waals surface area contributed by atoms with Crippen molar-refractivity contribution in [2.24, 2.45) is 0 Å². The highest BCUT2D eigenvalue weighted by Crippen LogP contribution is 2.24. The van der Waals surface area contributed by atoms with Gasteiger partial charge in [0.25, 0.3) is 17.8 Å². The Kier molecular flexibility index (Phi) is 18.6. The van der Waals surface area contributed by atoms with Crippen LogP contribution < -0.4 is 11.9 Å². The van der Waals surface area contributed by atoms with E-state index >= 15 is 0 Å². The van der Waals surface area contributed by atoms with E-state index in [4.69, 9.17) is 25.2 Å². The third kappa shape index (κ3) is 13.4. The van der Waals surface area contributed by atoms with Gasteiger partial charge in [-0.1, -0.05) is 0 Å². The van der Waals surface area contributed by atoms with Crippen LogP contribution in [0.2, 0.25) is 0 Å². The van der Waals surface area contributed by atoms with Gasteiger partial charge in [-0.05, 0) is 68.8 Å². The number of carboxylic acid groups (broad SMARTS) is 1. The molecular weight excluding hydrogens is 628 g/mol. The molecule has 5 rings (SSSR count). The summed E-state index contributed by atoms with van der Waals surface area (Å²) in [4.78, 5) is 70.6. The van der Waals surface area contributed by atoms with Gasteiger partial charge >= 0.3 is 0 Å². The number of aldehydes is 3. The minimum Gasteiger partial charge on any atom is -0.483 e. The van der Waals surface area contributed by atoms with Crippen LogP contribution in [-0.4, -0.2) is 60.2 Å². The van der Waals surface area contributed by atoms with Crippen LogP contribution in [0.4, 0.5) is 17.1 Å². The maximum absolute atomic E-state index is 10.6. The number of carbonyl (C=O) groups excluding carboxylic acids is 3. The van der Waals surface area contributed by atoms with Crippen molar-refractivity contribution in [3.8, 4) is 22.8 Å². The smallest absolute Gasteiger partial charge is 0.290 e. The van der Waals surface area contributed by atoms with Crippen molar-refractivity contribution in [3.63, 3.8) is 0 Å². The highest BCUT2D eigenvalue weighted by atomic mass is 16.6. The Morgan fingerprint density at radius 3 is 1.46 bits per heavy atom. The van der Waals surface area contributed by atoms with Crippen molar-refractivity contribution < 1.29 is 34.1 Å². The molecule has 17 nitrogen and oxygen atoms in total. The molecule has 17 heteroatoms. The third-order valence-electron chi connectivity index (χ3n) is 5.82. The van der Waals surface area contributed by atoms with Gasteiger partial charge in [0.15, 0.2) is 12.6 Å². The number of hydrogen-bond donors (Lipinski definition) is 5. The number of imidazole rings is 2. The van der Waals surface area contributed by atoms with E-state index in [9.17, 15) is 25.0 Å². The van der Waals surface area contributed by atoms with Gasteiger partial charge < -0.3 is 27.0 Å². The number of aryl methyl sites for hydroxylation is 3. The molecule has 5 aromatic rings. The Morgan fingerprint density at radius 2 is 1.12 bits per heavy atom. The molecule has 0 saturated carbocycles. The van der Waals surface area contributed by atoms with Gasteiger partial charge in [0.05, 0.1) is 9.85 Å². The summed E-state index contributed by atoms with van der Waals surface area (Å²) in [6, 6.07) is 15.1. The lowest BCUT2D eigenvalue weighted by Gasteiger charge is -2.01. The molecule has 0 bridgehead atoms. The molecule has 0 spiro atoms. The van der Waals surface area contributed by atoms with E-state index < -0.39 is 4.92 Å². The minimum atomic E-state index is -0.468. The van der Waals surface area contributed by atoms with E-state index in [-0.39, 0.29) is 41.5 Å². The molecule has 48 heavy (non-hydrogen) atoms. The fourth-order valence-corrected chi connectivity index (χ4v) is 3.63. The van der Waals surface area contributed by atoms with Gasteiger partial charge in [-0.25, -0.2) is 9.97 Å². The molecule has 0 saturated heterocycles. The average molecular weight is 663 g/mol. The van der Waals surface area contributed by atoms with Crippen LogP contribution in [0.5, 0.6) is 0 Å². The Labute approximate surface area is 273 Å². The minimum absolute atomic E-state index is 0. The molecule has 0 atom stereocenters. The molecule has 0 aliphatic heterocycles. The van der Waals surface area contributed by atoms with Gasteiger partial charge in [0.2, 0.25) is 0 Å². The fourth-order valence-electron chi connectivity index (χ4n) is 3.63. The molecule has 0 radical (unpaired) electrons. The SMILES string of the molecule is Cc1cc(-c2ncc[nH]2)ccc1N.Cc1cc(-c2ncc[nH]2)ccc1[N+](=O)[O-].Cc1cc(C=O)ccc1[N+](=O)[O-].N.O=CC=O.O=CO. The van der Waals surface area contributed by atoms with E-state index in [2.05, 4.69) is 19.9 Å². The van der Waals surface area contributed by atoms with Gasteiger partial charge in [0.1, 0.15) is 17.9 Å². The summed E-state index contributed by atoms with van der Waals surface area (Å²) in [5.74, 6) is 1.59. The maximum Gasteiger partial charge on any atom is 0.290 e. The van der Waals surface area contributed by atoms with Crippen molar-refractivity contribution in [2.75, 3.05) is 5.73 Å². The zero-order valence-corrected chi connectivity index (χ0v) is 26.1. The number of rotatable bonds is 6. The normalized spacial score (nSPS) is 8.98. The molecule has 8 N–H and O–H groups in total. The molecule has 2 aromatic heterocycles. The molecule has 252 valence electrons. The summed E-state index contributed by atoms with van der Waals surface area (Å²) in [5, 5.41) is 27.8. The van der Waals surface area contributed by atoms with E-state index in [0.29, 0.717) is 28.8 Å². The van der Waals surface area contributed by atoms with Crippen molar-refractivity contribution in [1.82, 2.24) is 26.1 Å². The first-order valence-corrected chi connectivity index (χ1v) is 13.2. The topological polar surface area (TPSA) is 293 Å². The van der Waals surface area contributed by atoms with Crippen LogP contribution in [0, 0.1) is 41.0 Å². The zero-order valence-electron chi connectivity index (χ0n) is 26.1. The number of anilines is 1. The Balaban J connectivity index is 0.000000625. The Hall–Kier alpha value is -6.88. The molecule has 0 fully saturated rings.